The standard InChI is InChI=1S/C11H18O/c1-3-4-5-6-7-8-9-10-11(2)12/h3-5H,1,6-10H2,2H3. The van der Waals surface area contributed by atoms with Crippen LogP contribution in [0.5, 0.6) is 0 Å². The summed E-state index contributed by atoms with van der Waals surface area (Å²) >= 11 is 0. The summed E-state index contributed by atoms with van der Waals surface area (Å²) in [5.41, 5.74) is 0. The van der Waals surface area contributed by atoms with Gasteiger partial charge in [-0.15, -0.1) is 0 Å². The van der Waals surface area contributed by atoms with E-state index in [1.54, 1.807) is 13.0 Å². The number of carbonyl (C=O) groups is 1. The van der Waals surface area contributed by atoms with E-state index < -0.39 is 0 Å². The summed E-state index contributed by atoms with van der Waals surface area (Å²) < 4.78 is 0. The summed E-state index contributed by atoms with van der Waals surface area (Å²) in [6.07, 6.45) is 11.1. The average molecular weight is 166 g/mol. The smallest absolute Gasteiger partial charge is 0.129 e. The molecule has 0 spiro atoms. The van der Waals surface area contributed by atoms with Gasteiger partial charge >= 0.3 is 0 Å². The molecule has 0 aliphatic heterocycles. The Morgan fingerprint density at radius 2 is 2.08 bits per heavy atom. The van der Waals surface area contributed by atoms with Gasteiger partial charge in [-0.05, 0) is 26.2 Å². The van der Waals surface area contributed by atoms with E-state index in [9.17, 15) is 4.79 Å². The Hall–Kier alpha value is -0.850. The van der Waals surface area contributed by atoms with Gasteiger partial charge in [0.05, 0.1) is 0 Å². The van der Waals surface area contributed by atoms with E-state index >= 15 is 0 Å². The van der Waals surface area contributed by atoms with Crippen LogP contribution in [-0.2, 0) is 4.79 Å². The number of rotatable bonds is 7. The zero-order chi connectivity index (χ0) is 9.23. The van der Waals surface area contributed by atoms with Crippen LogP contribution in [0.3, 0.4) is 0 Å². The Balaban J connectivity index is 3.05. The number of hydrogen-bond acceptors (Lipinski definition) is 1. The molecule has 0 heterocycles. The normalized spacial score (nSPS) is 10.4. The first-order chi connectivity index (χ1) is 5.77. The molecule has 0 aliphatic rings. The fourth-order valence-electron chi connectivity index (χ4n) is 1.01. The van der Waals surface area contributed by atoms with E-state index in [0.29, 0.717) is 5.78 Å². The van der Waals surface area contributed by atoms with Crippen molar-refractivity contribution in [2.24, 2.45) is 0 Å². The van der Waals surface area contributed by atoms with Crippen molar-refractivity contribution in [2.45, 2.75) is 39.0 Å². The van der Waals surface area contributed by atoms with Crippen molar-refractivity contribution in [3.63, 3.8) is 0 Å². The molecule has 0 saturated carbocycles. The van der Waals surface area contributed by atoms with Crippen LogP contribution in [0.15, 0.2) is 24.8 Å². The Bertz CT molecular complexity index is 156. The summed E-state index contributed by atoms with van der Waals surface area (Å²) in [5.74, 6) is 0.302. The maximum absolute atomic E-state index is 10.6. The first kappa shape index (κ1) is 11.2. The van der Waals surface area contributed by atoms with Crippen LogP contribution in [0.4, 0.5) is 0 Å². The van der Waals surface area contributed by atoms with Gasteiger partial charge in [0.15, 0.2) is 0 Å². The Labute approximate surface area is 75.2 Å². The third-order valence-electron chi connectivity index (χ3n) is 1.67. The van der Waals surface area contributed by atoms with Crippen molar-refractivity contribution in [1.29, 1.82) is 0 Å². The zero-order valence-electron chi connectivity index (χ0n) is 7.88. The third kappa shape index (κ3) is 9.15. The highest BCUT2D eigenvalue weighted by atomic mass is 16.1. The number of unbranched alkanes of at least 4 members (excludes halogenated alkanes) is 3. The van der Waals surface area contributed by atoms with Crippen molar-refractivity contribution in [3.05, 3.63) is 24.8 Å². The lowest BCUT2D eigenvalue weighted by Crippen LogP contribution is -1.88. The molecular formula is C11H18O. The van der Waals surface area contributed by atoms with Crippen LogP contribution in [0.25, 0.3) is 0 Å². The van der Waals surface area contributed by atoms with Crippen molar-refractivity contribution < 1.29 is 4.79 Å². The van der Waals surface area contributed by atoms with E-state index in [2.05, 4.69) is 12.7 Å². The Morgan fingerprint density at radius 1 is 1.33 bits per heavy atom. The molecule has 12 heavy (non-hydrogen) atoms. The minimum atomic E-state index is 0.302. The quantitative estimate of drug-likeness (QED) is 0.419. The lowest BCUT2D eigenvalue weighted by molar-refractivity contribution is -0.117. The molecule has 0 unspecified atom stereocenters. The Kier molecular flexibility index (Phi) is 7.66. The molecule has 0 N–H and O–H groups in total. The number of allylic oxidation sites excluding steroid dienone is 3. The molecule has 1 nitrogen and oxygen atoms in total. The molecule has 0 fully saturated rings. The van der Waals surface area contributed by atoms with E-state index in [1.807, 2.05) is 6.08 Å². The molecule has 0 radical (unpaired) electrons. The highest BCUT2D eigenvalue weighted by Crippen LogP contribution is 2.03. The van der Waals surface area contributed by atoms with Gasteiger partial charge in [-0.25, -0.2) is 0 Å². The van der Waals surface area contributed by atoms with Gasteiger partial charge in [0, 0.05) is 6.42 Å². The van der Waals surface area contributed by atoms with Gasteiger partial charge in [-0.3, -0.25) is 0 Å². The molecular weight excluding hydrogens is 148 g/mol. The maximum atomic E-state index is 10.6. The summed E-state index contributed by atoms with van der Waals surface area (Å²) in [4.78, 5) is 10.6. The van der Waals surface area contributed by atoms with E-state index in [4.69, 9.17) is 0 Å². The third-order valence-corrected chi connectivity index (χ3v) is 1.67. The summed E-state index contributed by atoms with van der Waals surface area (Å²) in [7, 11) is 0. The van der Waals surface area contributed by atoms with Gasteiger partial charge in [0.1, 0.15) is 5.78 Å². The summed E-state index contributed by atoms with van der Waals surface area (Å²) in [6, 6.07) is 0. The molecule has 1 heteroatoms. The van der Waals surface area contributed by atoms with Crippen molar-refractivity contribution in [1.82, 2.24) is 0 Å². The largest absolute Gasteiger partial charge is 0.300 e. The molecule has 0 amide bonds. The van der Waals surface area contributed by atoms with Crippen molar-refractivity contribution in [2.75, 3.05) is 0 Å². The molecule has 68 valence electrons. The molecule has 0 aromatic rings. The zero-order valence-corrected chi connectivity index (χ0v) is 7.88. The van der Waals surface area contributed by atoms with Crippen LogP contribution in [0, 0.1) is 0 Å². The Morgan fingerprint density at radius 3 is 2.67 bits per heavy atom. The number of hydrogen-bond donors (Lipinski definition) is 0. The lowest BCUT2D eigenvalue weighted by Gasteiger charge is -1.94. The van der Waals surface area contributed by atoms with Gasteiger partial charge in [-0.2, -0.15) is 0 Å². The van der Waals surface area contributed by atoms with Crippen LogP contribution in [0.1, 0.15) is 39.0 Å². The van der Waals surface area contributed by atoms with E-state index in [1.165, 1.54) is 6.42 Å². The fraction of sp³-hybridized carbons (Fsp3) is 0.545. The average Bonchev–Trinajstić information content (AvgIpc) is 2.02. The van der Waals surface area contributed by atoms with Crippen LogP contribution in [0.2, 0.25) is 0 Å². The minimum absolute atomic E-state index is 0.302. The molecule has 0 aliphatic carbocycles. The van der Waals surface area contributed by atoms with Crippen LogP contribution < -0.4 is 0 Å². The van der Waals surface area contributed by atoms with E-state index in [0.717, 1.165) is 25.7 Å². The summed E-state index contributed by atoms with van der Waals surface area (Å²) in [5, 5.41) is 0. The maximum Gasteiger partial charge on any atom is 0.129 e. The molecule has 0 aromatic heterocycles. The highest BCUT2D eigenvalue weighted by Gasteiger charge is 1.91. The monoisotopic (exact) mass is 166 g/mol. The topological polar surface area (TPSA) is 17.1 Å². The van der Waals surface area contributed by atoms with Gasteiger partial charge in [0.25, 0.3) is 0 Å². The van der Waals surface area contributed by atoms with Crippen molar-refractivity contribution >= 4 is 5.78 Å². The summed E-state index contributed by atoms with van der Waals surface area (Å²) in [6.45, 7) is 5.24. The highest BCUT2D eigenvalue weighted by molar-refractivity contribution is 5.75. The predicted octanol–water partition coefficient (Wildman–Crippen LogP) is 3.27. The molecule has 0 bridgehead atoms. The first-order valence-electron chi connectivity index (χ1n) is 4.54. The second-order valence-electron chi connectivity index (χ2n) is 2.97. The van der Waals surface area contributed by atoms with Gasteiger partial charge in [0.2, 0.25) is 0 Å². The number of carbonyl (C=O) groups excluding carboxylic acids is 1. The molecule has 0 rings (SSSR count). The second kappa shape index (κ2) is 8.25. The first-order valence-corrected chi connectivity index (χ1v) is 4.54. The molecule has 0 atom stereocenters. The predicted molar refractivity (Wildman–Crippen MR) is 53.1 cm³/mol. The number of Topliss-reactive ketones (excluding diaryl/α,β-unsaturated/α-hetero) is 1. The lowest BCUT2D eigenvalue weighted by atomic mass is 10.1. The second-order valence-corrected chi connectivity index (χ2v) is 2.97. The SMILES string of the molecule is C=CC=CCCCCCC(C)=O. The van der Waals surface area contributed by atoms with Gasteiger partial charge in [-0.1, -0.05) is 31.2 Å². The van der Waals surface area contributed by atoms with Gasteiger partial charge < -0.3 is 4.79 Å². The van der Waals surface area contributed by atoms with E-state index in [-0.39, 0.29) is 0 Å². The number of ketones is 1. The van der Waals surface area contributed by atoms with Crippen LogP contribution >= 0.6 is 0 Å². The minimum Gasteiger partial charge on any atom is -0.300 e. The molecule has 0 aromatic carbocycles. The van der Waals surface area contributed by atoms with Crippen molar-refractivity contribution in [3.8, 4) is 0 Å². The van der Waals surface area contributed by atoms with Crippen LogP contribution in [-0.4, -0.2) is 5.78 Å². The molecule has 0 saturated heterocycles. The fourth-order valence-corrected chi connectivity index (χ4v) is 1.01.